The van der Waals surface area contributed by atoms with Crippen LogP contribution in [-0.4, -0.2) is 29.6 Å². The van der Waals surface area contributed by atoms with Gasteiger partial charge < -0.3 is 16.2 Å². The fourth-order valence-electron chi connectivity index (χ4n) is 1.93. The van der Waals surface area contributed by atoms with Gasteiger partial charge in [0.25, 0.3) is 0 Å². The maximum atomic E-state index is 11.6. The summed E-state index contributed by atoms with van der Waals surface area (Å²) in [5, 5.41) is 11.4. The Bertz CT molecular complexity index is 257. The Morgan fingerprint density at radius 2 is 1.68 bits per heavy atom. The van der Waals surface area contributed by atoms with Crippen molar-refractivity contribution in [3.63, 3.8) is 0 Å². The number of carbonyl (C=O) groups is 2. The molecule has 0 saturated carbocycles. The number of carboxylic acid groups (broad SMARTS) is 1. The van der Waals surface area contributed by atoms with Crippen LogP contribution in [0.5, 0.6) is 0 Å². The molecule has 0 spiro atoms. The molecule has 1 atom stereocenters. The van der Waals surface area contributed by atoms with Gasteiger partial charge in [-0.2, -0.15) is 0 Å². The molecule has 5 nitrogen and oxygen atoms in total. The van der Waals surface area contributed by atoms with E-state index in [1.54, 1.807) is 0 Å². The maximum Gasteiger partial charge on any atom is 0.326 e. The molecular weight excluding hydrogens is 244 g/mol. The summed E-state index contributed by atoms with van der Waals surface area (Å²) in [6, 6.07) is -0.845. The first kappa shape index (κ1) is 17.9. The maximum absolute atomic E-state index is 11.6. The highest BCUT2D eigenvalue weighted by atomic mass is 16.4. The van der Waals surface area contributed by atoms with Gasteiger partial charge in [-0.15, -0.1) is 0 Å². The Hall–Kier alpha value is -1.10. The minimum Gasteiger partial charge on any atom is -0.480 e. The molecule has 0 aliphatic rings. The Balaban J connectivity index is 3.60. The molecule has 5 heteroatoms. The molecule has 0 rings (SSSR count). The monoisotopic (exact) mass is 272 g/mol. The van der Waals surface area contributed by atoms with Crippen LogP contribution in [0.15, 0.2) is 0 Å². The third-order valence-corrected chi connectivity index (χ3v) is 3.10. The molecule has 0 radical (unpaired) electrons. The van der Waals surface area contributed by atoms with E-state index in [2.05, 4.69) is 12.2 Å². The Morgan fingerprint density at radius 3 is 2.21 bits per heavy atom. The molecule has 0 heterocycles. The van der Waals surface area contributed by atoms with E-state index in [1.807, 2.05) is 0 Å². The van der Waals surface area contributed by atoms with Crippen molar-refractivity contribution in [3.05, 3.63) is 0 Å². The molecule has 0 aromatic heterocycles. The number of carboxylic acids is 1. The normalized spacial score (nSPS) is 12.1. The SMILES string of the molecule is CCCCCCCCCC(=O)N[C@H](CCN)C(=O)O. The van der Waals surface area contributed by atoms with Gasteiger partial charge in [0.2, 0.25) is 5.91 Å². The zero-order valence-electron chi connectivity index (χ0n) is 12.0. The van der Waals surface area contributed by atoms with Gasteiger partial charge in [0.15, 0.2) is 0 Å². The Kier molecular flexibility index (Phi) is 11.3. The molecule has 19 heavy (non-hydrogen) atoms. The molecule has 4 N–H and O–H groups in total. The average Bonchev–Trinajstić information content (AvgIpc) is 2.37. The first-order chi connectivity index (χ1) is 9.11. The molecule has 0 aliphatic carbocycles. The first-order valence-electron chi connectivity index (χ1n) is 7.34. The van der Waals surface area contributed by atoms with E-state index in [1.165, 1.54) is 25.7 Å². The second-order valence-corrected chi connectivity index (χ2v) is 4.91. The van der Waals surface area contributed by atoms with Crippen molar-refractivity contribution in [1.29, 1.82) is 0 Å². The molecule has 1 amide bonds. The van der Waals surface area contributed by atoms with Crippen molar-refractivity contribution in [1.82, 2.24) is 5.32 Å². The number of hydrogen-bond donors (Lipinski definition) is 3. The van der Waals surface area contributed by atoms with E-state index in [4.69, 9.17) is 10.8 Å². The zero-order chi connectivity index (χ0) is 14.5. The van der Waals surface area contributed by atoms with Crippen LogP contribution in [0.1, 0.15) is 64.7 Å². The first-order valence-corrected chi connectivity index (χ1v) is 7.34. The summed E-state index contributed by atoms with van der Waals surface area (Å²) < 4.78 is 0. The van der Waals surface area contributed by atoms with Crippen LogP contribution in [0.4, 0.5) is 0 Å². The van der Waals surface area contributed by atoms with Crippen molar-refractivity contribution >= 4 is 11.9 Å². The summed E-state index contributed by atoms with van der Waals surface area (Å²) >= 11 is 0. The number of carbonyl (C=O) groups excluding carboxylic acids is 1. The quantitative estimate of drug-likeness (QED) is 0.474. The lowest BCUT2D eigenvalue weighted by molar-refractivity contribution is -0.142. The van der Waals surface area contributed by atoms with Crippen molar-refractivity contribution in [2.45, 2.75) is 70.8 Å². The molecule has 0 unspecified atom stereocenters. The predicted molar refractivity (Wildman–Crippen MR) is 75.8 cm³/mol. The predicted octanol–water partition coefficient (Wildman–Crippen LogP) is 2.05. The standard InChI is InChI=1S/C14H28N2O3/c1-2-3-4-5-6-7-8-9-13(17)16-12(10-11-15)14(18)19/h12H,2-11,15H2,1H3,(H,16,17)(H,18,19)/t12-/m1/s1. The summed E-state index contributed by atoms with van der Waals surface area (Å²) in [5.74, 6) is -1.20. The van der Waals surface area contributed by atoms with Gasteiger partial charge in [-0.3, -0.25) is 4.79 Å². The number of nitrogens with two attached hydrogens (primary N) is 1. The second kappa shape index (κ2) is 12.0. The Labute approximate surface area is 115 Å². The molecule has 0 aliphatic heterocycles. The zero-order valence-corrected chi connectivity index (χ0v) is 12.0. The lowest BCUT2D eigenvalue weighted by Gasteiger charge is -2.13. The third-order valence-electron chi connectivity index (χ3n) is 3.10. The minimum atomic E-state index is -1.02. The fourth-order valence-corrected chi connectivity index (χ4v) is 1.93. The number of rotatable bonds is 12. The van der Waals surface area contributed by atoms with E-state index in [0.29, 0.717) is 6.42 Å². The lowest BCUT2D eigenvalue weighted by atomic mass is 10.1. The highest BCUT2D eigenvalue weighted by Crippen LogP contribution is 2.08. The van der Waals surface area contributed by atoms with Crippen LogP contribution >= 0.6 is 0 Å². The number of hydrogen-bond acceptors (Lipinski definition) is 3. The van der Waals surface area contributed by atoms with Gasteiger partial charge in [0.1, 0.15) is 6.04 Å². The van der Waals surface area contributed by atoms with E-state index >= 15 is 0 Å². The Morgan fingerprint density at radius 1 is 1.11 bits per heavy atom. The largest absolute Gasteiger partial charge is 0.480 e. The average molecular weight is 272 g/mol. The summed E-state index contributed by atoms with van der Waals surface area (Å²) in [7, 11) is 0. The lowest BCUT2D eigenvalue weighted by Crippen LogP contribution is -2.41. The number of nitrogens with one attached hydrogen (secondary N) is 1. The summed E-state index contributed by atoms with van der Waals surface area (Å²) in [6.45, 7) is 2.44. The van der Waals surface area contributed by atoms with Gasteiger partial charge in [-0.25, -0.2) is 4.79 Å². The van der Waals surface area contributed by atoms with E-state index < -0.39 is 12.0 Å². The number of unbranched alkanes of at least 4 members (excludes halogenated alkanes) is 6. The van der Waals surface area contributed by atoms with Crippen LogP contribution in [0.3, 0.4) is 0 Å². The van der Waals surface area contributed by atoms with Crippen LogP contribution in [0, 0.1) is 0 Å². The molecule has 0 saturated heterocycles. The van der Waals surface area contributed by atoms with Gasteiger partial charge >= 0.3 is 5.97 Å². The number of amides is 1. The van der Waals surface area contributed by atoms with Crippen LogP contribution in [-0.2, 0) is 9.59 Å². The fraction of sp³-hybridized carbons (Fsp3) is 0.857. The molecule has 0 fully saturated rings. The van der Waals surface area contributed by atoms with Crippen molar-refractivity contribution in [2.24, 2.45) is 5.73 Å². The second-order valence-electron chi connectivity index (χ2n) is 4.91. The molecular formula is C14H28N2O3. The highest BCUT2D eigenvalue weighted by Gasteiger charge is 2.18. The van der Waals surface area contributed by atoms with E-state index in [-0.39, 0.29) is 18.9 Å². The van der Waals surface area contributed by atoms with Crippen molar-refractivity contribution in [3.8, 4) is 0 Å². The molecule has 0 bridgehead atoms. The summed E-state index contributed by atoms with van der Waals surface area (Å²) in [6.07, 6.45) is 8.69. The summed E-state index contributed by atoms with van der Waals surface area (Å²) in [4.78, 5) is 22.4. The van der Waals surface area contributed by atoms with Crippen molar-refractivity contribution < 1.29 is 14.7 Å². The molecule has 112 valence electrons. The summed E-state index contributed by atoms with van der Waals surface area (Å²) in [5.41, 5.74) is 5.31. The van der Waals surface area contributed by atoms with Crippen LogP contribution in [0.25, 0.3) is 0 Å². The van der Waals surface area contributed by atoms with Crippen molar-refractivity contribution in [2.75, 3.05) is 6.54 Å². The molecule has 0 aromatic rings. The van der Waals surface area contributed by atoms with Crippen LogP contribution < -0.4 is 11.1 Å². The van der Waals surface area contributed by atoms with E-state index in [9.17, 15) is 9.59 Å². The number of aliphatic carboxylic acids is 1. The van der Waals surface area contributed by atoms with Gasteiger partial charge in [-0.1, -0.05) is 45.4 Å². The topological polar surface area (TPSA) is 92.4 Å². The van der Waals surface area contributed by atoms with E-state index in [0.717, 1.165) is 19.3 Å². The van der Waals surface area contributed by atoms with Crippen LogP contribution in [0.2, 0.25) is 0 Å². The van der Waals surface area contributed by atoms with Gasteiger partial charge in [0, 0.05) is 6.42 Å². The third kappa shape index (κ3) is 10.5. The smallest absolute Gasteiger partial charge is 0.326 e. The minimum absolute atomic E-state index is 0.186. The van der Waals surface area contributed by atoms with Gasteiger partial charge in [-0.05, 0) is 19.4 Å². The highest BCUT2D eigenvalue weighted by molar-refractivity contribution is 5.83. The molecule has 0 aromatic carbocycles. The van der Waals surface area contributed by atoms with Gasteiger partial charge in [0.05, 0.1) is 0 Å².